The Morgan fingerprint density at radius 2 is 1.90 bits per heavy atom. The summed E-state index contributed by atoms with van der Waals surface area (Å²) in [4.78, 5) is 14.4. The lowest BCUT2D eigenvalue weighted by Crippen LogP contribution is -2.35. The molecule has 0 unspecified atom stereocenters. The number of hydrogen-bond acceptors (Lipinski definition) is 2. The van der Waals surface area contributed by atoms with Crippen LogP contribution in [0.5, 0.6) is 0 Å². The Labute approximate surface area is 129 Å². The van der Waals surface area contributed by atoms with Gasteiger partial charge in [-0.15, -0.1) is 0 Å². The maximum absolute atomic E-state index is 12.2. The minimum atomic E-state index is -0.117. The van der Waals surface area contributed by atoms with E-state index in [0.29, 0.717) is 16.3 Å². The summed E-state index contributed by atoms with van der Waals surface area (Å²) in [6.07, 6.45) is 4.46. The molecule has 6 heteroatoms. The minimum Gasteiger partial charge on any atom is -0.389 e. The zero-order chi connectivity index (χ0) is 14.5. The summed E-state index contributed by atoms with van der Waals surface area (Å²) < 4.78 is 0. The molecule has 0 atom stereocenters. The Morgan fingerprint density at radius 3 is 2.50 bits per heavy atom. The molecule has 0 spiro atoms. The van der Waals surface area contributed by atoms with Gasteiger partial charge >= 0.3 is 6.03 Å². The number of rotatable bonds is 2. The second-order valence-corrected chi connectivity index (χ2v) is 5.74. The molecule has 1 saturated heterocycles. The van der Waals surface area contributed by atoms with Crippen molar-refractivity contribution in [3.05, 3.63) is 28.8 Å². The van der Waals surface area contributed by atoms with Gasteiger partial charge in [0, 0.05) is 18.7 Å². The summed E-state index contributed by atoms with van der Waals surface area (Å²) in [5.74, 6) is 0. The number of carbonyl (C=O) groups is 1. The lowest BCUT2D eigenvalue weighted by Gasteiger charge is -2.21. The molecule has 0 aromatic heterocycles. The van der Waals surface area contributed by atoms with E-state index in [2.05, 4.69) is 5.32 Å². The van der Waals surface area contributed by atoms with Gasteiger partial charge in [-0.2, -0.15) is 0 Å². The fourth-order valence-corrected chi connectivity index (χ4v) is 2.53. The van der Waals surface area contributed by atoms with Crippen molar-refractivity contribution in [3.63, 3.8) is 0 Å². The van der Waals surface area contributed by atoms with Crippen molar-refractivity contribution in [2.45, 2.75) is 25.7 Å². The maximum Gasteiger partial charge on any atom is 0.321 e. The third-order valence-electron chi connectivity index (χ3n) is 3.39. The number of nitrogens with two attached hydrogens (primary N) is 1. The number of benzene rings is 1. The highest BCUT2D eigenvalue weighted by atomic mass is 35.5. The zero-order valence-electron chi connectivity index (χ0n) is 11.2. The van der Waals surface area contributed by atoms with Gasteiger partial charge in [0.15, 0.2) is 0 Å². The molecule has 1 fully saturated rings. The molecular formula is C14H18ClN3OS. The van der Waals surface area contributed by atoms with E-state index >= 15 is 0 Å². The maximum atomic E-state index is 12.2. The minimum absolute atomic E-state index is 0.117. The molecule has 2 amide bonds. The number of hydrogen-bond donors (Lipinski definition) is 2. The largest absolute Gasteiger partial charge is 0.389 e. The van der Waals surface area contributed by atoms with E-state index in [-0.39, 0.29) is 11.0 Å². The van der Waals surface area contributed by atoms with Crippen LogP contribution in [0.2, 0.25) is 5.02 Å². The van der Waals surface area contributed by atoms with Crippen LogP contribution in [0.15, 0.2) is 18.2 Å². The fraction of sp³-hybridized carbons (Fsp3) is 0.429. The molecule has 1 aromatic rings. The number of thiocarbonyl (C=S) groups is 1. The first-order valence-electron chi connectivity index (χ1n) is 6.73. The predicted molar refractivity (Wildman–Crippen MR) is 86.4 cm³/mol. The molecule has 0 aliphatic carbocycles. The van der Waals surface area contributed by atoms with Crippen molar-refractivity contribution >= 4 is 40.5 Å². The van der Waals surface area contributed by atoms with Crippen molar-refractivity contribution in [1.82, 2.24) is 4.90 Å². The molecule has 108 valence electrons. The molecule has 2 rings (SSSR count). The third kappa shape index (κ3) is 3.84. The van der Waals surface area contributed by atoms with Crippen molar-refractivity contribution in [2.75, 3.05) is 18.4 Å². The van der Waals surface area contributed by atoms with Gasteiger partial charge in [0.05, 0.1) is 10.7 Å². The summed E-state index contributed by atoms with van der Waals surface area (Å²) in [6.45, 7) is 1.58. The second-order valence-electron chi connectivity index (χ2n) is 4.89. The Bertz CT molecular complexity index is 513. The Kier molecular flexibility index (Phi) is 5.20. The average Bonchev–Trinajstić information content (AvgIpc) is 2.70. The number of carbonyl (C=O) groups excluding carboxylic acids is 1. The van der Waals surface area contributed by atoms with Crippen molar-refractivity contribution in [2.24, 2.45) is 5.73 Å². The van der Waals surface area contributed by atoms with E-state index in [1.165, 1.54) is 12.8 Å². The van der Waals surface area contributed by atoms with E-state index in [1.54, 1.807) is 18.2 Å². The number of nitrogens with one attached hydrogen (secondary N) is 1. The van der Waals surface area contributed by atoms with Crippen molar-refractivity contribution in [1.29, 1.82) is 0 Å². The van der Waals surface area contributed by atoms with Crippen LogP contribution < -0.4 is 11.1 Å². The van der Waals surface area contributed by atoms with Crippen LogP contribution in [0.25, 0.3) is 0 Å². The van der Waals surface area contributed by atoms with Crippen LogP contribution >= 0.6 is 23.8 Å². The van der Waals surface area contributed by atoms with Crippen LogP contribution in [0.4, 0.5) is 10.5 Å². The third-order valence-corrected chi connectivity index (χ3v) is 3.95. The first-order valence-corrected chi connectivity index (χ1v) is 7.52. The number of likely N-dealkylation sites (tertiary alicyclic amines) is 1. The van der Waals surface area contributed by atoms with E-state index in [4.69, 9.17) is 29.6 Å². The molecule has 0 saturated carbocycles. The number of nitrogens with zero attached hydrogens (tertiary/aromatic N) is 1. The summed E-state index contributed by atoms with van der Waals surface area (Å²) in [5.41, 5.74) is 6.83. The van der Waals surface area contributed by atoms with Gasteiger partial charge in [0.25, 0.3) is 0 Å². The SMILES string of the molecule is NC(=S)c1ccc(Cl)c(NC(=O)N2CCCCCC2)c1. The summed E-state index contributed by atoms with van der Waals surface area (Å²) in [5, 5.41) is 3.32. The molecule has 20 heavy (non-hydrogen) atoms. The molecule has 1 aliphatic heterocycles. The van der Waals surface area contributed by atoms with Crippen LogP contribution in [0.1, 0.15) is 31.2 Å². The van der Waals surface area contributed by atoms with Gasteiger partial charge in [-0.25, -0.2) is 4.79 Å². The lowest BCUT2D eigenvalue weighted by molar-refractivity contribution is 0.214. The molecule has 1 heterocycles. The summed E-state index contributed by atoms with van der Waals surface area (Å²) in [6, 6.07) is 5.02. The molecule has 1 aliphatic rings. The van der Waals surface area contributed by atoms with Gasteiger partial charge in [0.2, 0.25) is 0 Å². The van der Waals surface area contributed by atoms with E-state index in [1.807, 2.05) is 4.90 Å². The molecule has 1 aromatic carbocycles. The van der Waals surface area contributed by atoms with Crippen molar-refractivity contribution < 1.29 is 4.79 Å². The first-order chi connectivity index (χ1) is 9.58. The molecule has 0 radical (unpaired) electrons. The standard InChI is InChI=1S/C14H18ClN3OS/c15-11-6-5-10(13(16)20)9-12(11)17-14(19)18-7-3-1-2-4-8-18/h5-6,9H,1-4,7-8H2,(H2,16,20)(H,17,19). The number of urea groups is 1. The molecule has 3 N–H and O–H groups in total. The van der Waals surface area contributed by atoms with Gasteiger partial charge < -0.3 is 16.0 Å². The summed E-state index contributed by atoms with van der Waals surface area (Å²) in [7, 11) is 0. The second kappa shape index (κ2) is 6.90. The smallest absolute Gasteiger partial charge is 0.321 e. The van der Waals surface area contributed by atoms with E-state index in [9.17, 15) is 4.79 Å². The highest BCUT2D eigenvalue weighted by Gasteiger charge is 2.16. The van der Waals surface area contributed by atoms with E-state index in [0.717, 1.165) is 25.9 Å². The molecular weight excluding hydrogens is 294 g/mol. The Morgan fingerprint density at radius 1 is 1.25 bits per heavy atom. The molecule has 4 nitrogen and oxygen atoms in total. The van der Waals surface area contributed by atoms with Gasteiger partial charge in [-0.05, 0) is 25.0 Å². The first kappa shape index (κ1) is 15.1. The highest BCUT2D eigenvalue weighted by Crippen LogP contribution is 2.24. The number of amides is 2. The van der Waals surface area contributed by atoms with E-state index < -0.39 is 0 Å². The predicted octanol–water partition coefficient (Wildman–Crippen LogP) is 3.38. The topological polar surface area (TPSA) is 58.4 Å². The zero-order valence-corrected chi connectivity index (χ0v) is 12.8. The van der Waals surface area contributed by atoms with Gasteiger partial charge in [-0.1, -0.05) is 42.7 Å². The summed E-state index contributed by atoms with van der Waals surface area (Å²) >= 11 is 11.0. The number of anilines is 1. The van der Waals surface area contributed by atoms with Crippen LogP contribution in [0, 0.1) is 0 Å². The Hall–Kier alpha value is -1.33. The Balaban J connectivity index is 2.10. The number of halogens is 1. The van der Waals surface area contributed by atoms with Gasteiger partial charge in [0.1, 0.15) is 4.99 Å². The van der Waals surface area contributed by atoms with Crippen LogP contribution in [-0.4, -0.2) is 29.0 Å². The normalized spacial score (nSPS) is 15.6. The fourth-order valence-electron chi connectivity index (χ4n) is 2.24. The molecule has 0 bridgehead atoms. The highest BCUT2D eigenvalue weighted by molar-refractivity contribution is 7.80. The van der Waals surface area contributed by atoms with Crippen LogP contribution in [0.3, 0.4) is 0 Å². The monoisotopic (exact) mass is 311 g/mol. The van der Waals surface area contributed by atoms with Gasteiger partial charge in [-0.3, -0.25) is 0 Å². The average molecular weight is 312 g/mol. The van der Waals surface area contributed by atoms with Crippen molar-refractivity contribution in [3.8, 4) is 0 Å². The van der Waals surface area contributed by atoms with Crippen LogP contribution in [-0.2, 0) is 0 Å². The lowest BCUT2D eigenvalue weighted by atomic mass is 10.2. The quantitative estimate of drug-likeness (QED) is 0.823.